The minimum atomic E-state index is 0.237. The molecule has 0 amide bonds. The molecule has 5 heteroatoms. The smallest absolute Gasteiger partial charge is 0.138 e. The van der Waals surface area contributed by atoms with Crippen LogP contribution < -0.4 is 5.73 Å². The molecule has 5 nitrogen and oxygen atoms in total. The van der Waals surface area contributed by atoms with E-state index in [1.807, 2.05) is 4.68 Å². The van der Waals surface area contributed by atoms with Gasteiger partial charge in [0.2, 0.25) is 0 Å². The van der Waals surface area contributed by atoms with Crippen LogP contribution >= 0.6 is 0 Å². The van der Waals surface area contributed by atoms with Gasteiger partial charge >= 0.3 is 0 Å². The molecule has 2 heterocycles. The Morgan fingerprint density at radius 1 is 1.67 bits per heavy atom. The maximum absolute atomic E-state index is 6.05. The first-order valence-corrected chi connectivity index (χ1v) is 5.51. The SMILES string of the molecule is CCn1ncnc1CC1COCCC1N. The first kappa shape index (κ1) is 10.6. The Bertz CT molecular complexity index is 312. The molecule has 84 valence electrons. The summed E-state index contributed by atoms with van der Waals surface area (Å²) in [5, 5.41) is 4.15. The van der Waals surface area contributed by atoms with Crippen molar-refractivity contribution < 1.29 is 4.74 Å². The fraction of sp³-hybridized carbons (Fsp3) is 0.800. The number of rotatable bonds is 3. The van der Waals surface area contributed by atoms with Crippen LogP contribution in [0.3, 0.4) is 0 Å². The Morgan fingerprint density at radius 2 is 2.53 bits per heavy atom. The summed E-state index contributed by atoms with van der Waals surface area (Å²) < 4.78 is 7.36. The number of ether oxygens (including phenoxy) is 1. The molecule has 2 unspecified atom stereocenters. The molecule has 0 bridgehead atoms. The first-order chi connectivity index (χ1) is 7.31. The summed E-state index contributed by atoms with van der Waals surface area (Å²) in [5.41, 5.74) is 6.05. The second-order valence-electron chi connectivity index (χ2n) is 3.98. The van der Waals surface area contributed by atoms with E-state index in [0.717, 1.165) is 38.4 Å². The van der Waals surface area contributed by atoms with Gasteiger partial charge in [0.1, 0.15) is 12.2 Å². The summed E-state index contributed by atoms with van der Waals surface area (Å²) in [5.74, 6) is 1.40. The Morgan fingerprint density at radius 3 is 3.27 bits per heavy atom. The predicted molar refractivity (Wildman–Crippen MR) is 56.3 cm³/mol. The summed E-state index contributed by atoms with van der Waals surface area (Å²) in [6, 6.07) is 0.237. The summed E-state index contributed by atoms with van der Waals surface area (Å²) >= 11 is 0. The molecule has 0 aromatic carbocycles. The van der Waals surface area contributed by atoms with Crippen LogP contribution in [0.2, 0.25) is 0 Å². The first-order valence-electron chi connectivity index (χ1n) is 5.51. The maximum Gasteiger partial charge on any atom is 0.138 e. The zero-order chi connectivity index (χ0) is 10.7. The number of nitrogens with two attached hydrogens (primary N) is 1. The van der Waals surface area contributed by atoms with Crippen molar-refractivity contribution in [1.29, 1.82) is 0 Å². The highest BCUT2D eigenvalue weighted by Gasteiger charge is 2.24. The zero-order valence-corrected chi connectivity index (χ0v) is 9.09. The molecule has 2 rings (SSSR count). The zero-order valence-electron chi connectivity index (χ0n) is 9.09. The fourth-order valence-corrected chi connectivity index (χ4v) is 1.97. The number of hydrogen-bond acceptors (Lipinski definition) is 4. The number of aryl methyl sites for hydroxylation is 1. The Labute approximate surface area is 89.6 Å². The number of nitrogens with zero attached hydrogens (tertiary/aromatic N) is 3. The van der Waals surface area contributed by atoms with E-state index in [9.17, 15) is 0 Å². The van der Waals surface area contributed by atoms with Gasteiger partial charge in [-0.15, -0.1) is 0 Å². The molecule has 1 fully saturated rings. The van der Waals surface area contributed by atoms with Gasteiger partial charge in [0.25, 0.3) is 0 Å². The lowest BCUT2D eigenvalue weighted by molar-refractivity contribution is 0.0411. The van der Waals surface area contributed by atoms with E-state index in [2.05, 4.69) is 17.0 Å². The van der Waals surface area contributed by atoms with E-state index in [1.165, 1.54) is 0 Å². The molecule has 1 aliphatic heterocycles. The van der Waals surface area contributed by atoms with Gasteiger partial charge in [0.15, 0.2) is 0 Å². The monoisotopic (exact) mass is 210 g/mol. The second kappa shape index (κ2) is 4.72. The van der Waals surface area contributed by atoms with Gasteiger partial charge in [-0.3, -0.25) is 4.68 Å². The quantitative estimate of drug-likeness (QED) is 0.774. The number of hydrogen-bond donors (Lipinski definition) is 1. The lowest BCUT2D eigenvalue weighted by Gasteiger charge is -2.28. The van der Waals surface area contributed by atoms with Gasteiger partial charge in [-0.05, 0) is 13.3 Å². The van der Waals surface area contributed by atoms with Gasteiger partial charge in [-0.2, -0.15) is 5.10 Å². The molecule has 2 atom stereocenters. The van der Waals surface area contributed by atoms with Crippen molar-refractivity contribution in [3.05, 3.63) is 12.2 Å². The normalized spacial score (nSPS) is 26.8. The molecular weight excluding hydrogens is 192 g/mol. The van der Waals surface area contributed by atoms with Crippen molar-refractivity contribution in [1.82, 2.24) is 14.8 Å². The second-order valence-corrected chi connectivity index (χ2v) is 3.98. The topological polar surface area (TPSA) is 66.0 Å². The van der Waals surface area contributed by atoms with E-state index >= 15 is 0 Å². The van der Waals surface area contributed by atoms with Crippen LogP contribution in [0.25, 0.3) is 0 Å². The molecule has 1 saturated heterocycles. The van der Waals surface area contributed by atoms with Crippen LogP contribution in [-0.4, -0.2) is 34.0 Å². The predicted octanol–water partition coefficient (Wildman–Crippen LogP) is 0.204. The molecule has 15 heavy (non-hydrogen) atoms. The minimum Gasteiger partial charge on any atom is -0.381 e. The minimum absolute atomic E-state index is 0.237. The van der Waals surface area contributed by atoms with Crippen molar-refractivity contribution >= 4 is 0 Å². The van der Waals surface area contributed by atoms with E-state index in [4.69, 9.17) is 10.5 Å². The Balaban J connectivity index is 2.01. The van der Waals surface area contributed by atoms with Crippen molar-refractivity contribution in [2.45, 2.75) is 32.4 Å². The Kier molecular flexibility index (Phi) is 3.33. The van der Waals surface area contributed by atoms with Gasteiger partial charge < -0.3 is 10.5 Å². The number of aromatic nitrogens is 3. The van der Waals surface area contributed by atoms with Crippen LogP contribution in [0.1, 0.15) is 19.2 Å². The van der Waals surface area contributed by atoms with Gasteiger partial charge in [0, 0.05) is 31.5 Å². The van der Waals surface area contributed by atoms with Gasteiger partial charge in [-0.1, -0.05) is 0 Å². The fourth-order valence-electron chi connectivity index (χ4n) is 1.97. The molecule has 0 aliphatic carbocycles. The summed E-state index contributed by atoms with van der Waals surface area (Å²) in [6.07, 6.45) is 3.42. The van der Waals surface area contributed by atoms with Crippen LogP contribution in [0, 0.1) is 5.92 Å². The standard InChI is InChI=1S/C10H18N4O/c1-2-14-10(12-7-13-14)5-8-6-15-4-3-9(8)11/h7-9H,2-6,11H2,1H3. The van der Waals surface area contributed by atoms with E-state index in [-0.39, 0.29) is 6.04 Å². The van der Waals surface area contributed by atoms with Crippen molar-refractivity contribution in [3.8, 4) is 0 Å². The summed E-state index contributed by atoms with van der Waals surface area (Å²) in [4.78, 5) is 4.26. The highest BCUT2D eigenvalue weighted by atomic mass is 16.5. The average molecular weight is 210 g/mol. The van der Waals surface area contributed by atoms with Crippen LogP contribution in [-0.2, 0) is 17.7 Å². The molecule has 1 aliphatic rings. The molecule has 0 radical (unpaired) electrons. The third-order valence-corrected chi connectivity index (χ3v) is 2.97. The summed E-state index contributed by atoms with van der Waals surface area (Å²) in [7, 11) is 0. The Hall–Kier alpha value is -0.940. The van der Waals surface area contributed by atoms with Crippen molar-refractivity contribution in [2.75, 3.05) is 13.2 Å². The highest BCUT2D eigenvalue weighted by molar-refractivity contribution is 4.91. The van der Waals surface area contributed by atoms with Crippen molar-refractivity contribution in [3.63, 3.8) is 0 Å². The lowest BCUT2D eigenvalue weighted by Crippen LogP contribution is -2.40. The highest BCUT2D eigenvalue weighted by Crippen LogP contribution is 2.16. The van der Waals surface area contributed by atoms with Gasteiger partial charge in [0.05, 0.1) is 6.61 Å². The third kappa shape index (κ3) is 2.35. The molecule has 2 N–H and O–H groups in total. The summed E-state index contributed by atoms with van der Waals surface area (Å²) in [6.45, 7) is 4.46. The van der Waals surface area contributed by atoms with Crippen LogP contribution in [0.5, 0.6) is 0 Å². The van der Waals surface area contributed by atoms with Crippen LogP contribution in [0.15, 0.2) is 6.33 Å². The molecular formula is C10H18N4O. The molecule has 0 spiro atoms. The largest absolute Gasteiger partial charge is 0.381 e. The third-order valence-electron chi connectivity index (χ3n) is 2.97. The van der Waals surface area contributed by atoms with E-state index in [1.54, 1.807) is 6.33 Å². The average Bonchev–Trinajstić information content (AvgIpc) is 2.69. The molecule has 1 aromatic rings. The maximum atomic E-state index is 6.05. The molecule has 0 saturated carbocycles. The molecule has 1 aromatic heterocycles. The van der Waals surface area contributed by atoms with Gasteiger partial charge in [-0.25, -0.2) is 4.98 Å². The lowest BCUT2D eigenvalue weighted by atomic mass is 9.93. The van der Waals surface area contributed by atoms with Crippen LogP contribution in [0.4, 0.5) is 0 Å². The van der Waals surface area contributed by atoms with Crippen molar-refractivity contribution in [2.24, 2.45) is 11.7 Å². The van der Waals surface area contributed by atoms with E-state index < -0.39 is 0 Å². The van der Waals surface area contributed by atoms with E-state index in [0.29, 0.717) is 5.92 Å².